The number of rotatable bonds is 5. The van der Waals surface area contributed by atoms with Gasteiger partial charge in [-0.1, -0.05) is 17.3 Å². The molecule has 0 radical (unpaired) electrons. The Morgan fingerprint density at radius 1 is 1.37 bits per heavy atom. The number of nitrogens with zero attached hydrogens (tertiary/aromatic N) is 1. The SMILES string of the molecule is COc1cccc([C@@H](C)NCc2c(C)noc2C)c1. The third-order valence-electron chi connectivity index (χ3n) is 3.36. The molecule has 4 nitrogen and oxygen atoms in total. The number of hydrogen-bond donors (Lipinski definition) is 1. The zero-order valence-electron chi connectivity index (χ0n) is 11.9. The highest BCUT2D eigenvalue weighted by atomic mass is 16.5. The lowest BCUT2D eigenvalue weighted by molar-refractivity contribution is 0.391. The minimum atomic E-state index is 0.240. The van der Waals surface area contributed by atoms with E-state index in [4.69, 9.17) is 9.26 Å². The summed E-state index contributed by atoms with van der Waals surface area (Å²) in [6, 6.07) is 8.33. The second-order valence-corrected chi connectivity index (χ2v) is 4.68. The van der Waals surface area contributed by atoms with Crippen molar-refractivity contribution in [3.8, 4) is 5.75 Å². The molecule has 2 aromatic rings. The summed E-state index contributed by atoms with van der Waals surface area (Å²) in [5.74, 6) is 1.76. The largest absolute Gasteiger partial charge is 0.497 e. The smallest absolute Gasteiger partial charge is 0.138 e. The van der Waals surface area contributed by atoms with Crippen molar-refractivity contribution in [2.75, 3.05) is 7.11 Å². The first-order chi connectivity index (χ1) is 9.11. The third-order valence-corrected chi connectivity index (χ3v) is 3.36. The summed E-state index contributed by atoms with van der Waals surface area (Å²) in [6.07, 6.45) is 0. The number of benzene rings is 1. The maximum Gasteiger partial charge on any atom is 0.138 e. The first-order valence-electron chi connectivity index (χ1n) is 6.41. The fourth-order valence-corrected chi connectivity index (χ4v) is 2.04. The van der Waals surface area contributed by atoms with Crippen molar-refractivity contribution in [1.29, 1.82) is 0 Å². The molecule has 0 saturated heterocycles. The standard InChI is InChI=1S/C15H20N2O2/c1-10(13-6-5-7-14(8-13)18-4)16-9-15-11(2)17-19-12(15)3/h5-8,10,16H,9H2,1-4H3/t10-/m1/s1. The minimum absolute atomic E-state index is 0.240. The van der Waals surface area contributed by atoms with Gasteiger partial charge in [0.25, 0.3) is 0 Å². The maximum atomic E-state index is 5.24. The van der Waals surface area contributed by atoms with Crippen LogP contribution in [0, 0.1) is 13.8 Å². The second-order valence-electron chi connectivity index (χ2n) is 4.68. The Morgan fingerprint density at radius 2 is 2.16 bits per heavy atom. The van der Waals surface area contributed by atoms with Gasteiger partial charge in [-0.25, -0.2) is 0 Å². The molecule has 0 spiro atoms. The molecule has 0 bridgehead atoms. The van der Waals surface area contributed by atoms with E-state index in [9.17, 15) is 0 Å². The predicted octanol–water partition coefficient (Wildman–Crippen LogP) is 3.15. The number of hydrogen-bond acceptors (Lipinski definition) is 4. The Bertz CT molecular complexity index is 529. The van der Waals surface area contributed by atoms with E-state index in [1.165, 1.54) is 5.56 Å². The van der Waals surface area contributed by atoms with Crippen molar-refractivity contribution in [3.63, 3.8) is 0 Å². The number of nitrogens with one attached hydrogen (secondary N) is 1. The van der Waals surface area contributed by atoms with Crippen LogP contribution in [0.3, 0.4) is 0 Å². The van der Waals surface area contributed by atoms with E-state index < -0.39 is 0 Å². The quantitative estimate of drug-likeness (QED) is 0.897. The summed E-state index contributed by atoms with van der Waals surface area (Å²) >= 11 is 0. The Hall–Kier alpha value is -1.81. The van der Waals surface area contributed by atoms with Gasteiger partial charge in [0.15, 0.2) is 0 Å². The van der Waals surface area contributed by atoms with E-state index in [2.05, 4.69) is 23.5 Å². The van der Waals surface area contributed by atoms with Gasteiger partial charge in [-0.05, 0) is 38.5 Å². The first-order valence-corrected chi connectivity index (χ1v) is 6.41. The fourth-order valence-electron chi connectivity index (χ4n) is 2.04. The van der Waals surface area contributed by atoms with Crippen LogP contribution in [0.15, 0.2) is 28.8 Å². The summed E-state index contributed by atoms with van der Waals surface area (Å²) in [5.41, 5.74) is 3.28. The third kappa shape index (κ3) is 3.15. The van der Waals surface area contributed by atoms with E-state index >= 15 is 0 Å². The van der Waals surface area contributed by atoms with Crippen molar-refractivity contribution in [3.05, 3.63) is 46.8 Å². The highest BCUT2D eigenvalue weighted by Crippen LogP contribution is 2.20. The first kappa shape index (κ1) is 13.6. The molecular weight excluding hydrogens is 240 g/mol. The average molecular weight is 260 g/mol. The van der Waals surface area contributed by atoms with Crippen LogP contribution in [0.25, 0.3) is 0 Å². The highest BCUT2D eigenvalue weighted by molar-refractivity contribution is 5.30. The van der Waals surface area contributed by atoms with Crippen LogP contribution in [0.2, 0.25) is 0 Å². The fraction of sp³-hybridized carbons (Fsp3) is 0.400. The van der Waals surface area contributed by atoms with E-state index in [1.54, 1.807) is 7.11 Å². The average Bonchev–Trinajstić information content (AvgIpc) is 2.75. The molecule has 0 unspecified atom stereocenters. The molecule has 0 aliphatic carbocycles. The summed E-state index contributed by atoms with van der Waals surface area (Å²) < 4.78 is 10.4. The van der Waals surface area contributed by atoms with Gasteiger partial charge in [0.2, 0.25) is 0 Å². The molecule has 102 valence electrons. The lowest BCUT2D eigenvalue weighted by Gasteiger charge is -2.15. The Balaban J connectivity index is 2.03. The highest BCUT2D eigenvalue weighted by Gasteiger charge is 2.11. The van der Waals surface area contributed by atoms with Gasteiger partial charge < -0.3 is 14.6 Å². The molecule has 0 fully saturated rings. The van der Waals surface area contributed by atoms with Crippen LogP contribution in [0.1, 0.15) is 35.5 Å². The lowest BCUT2D eigenvalue weighted by atomic mass is 10.1. The predicted molar refractivity (Wildman–Crippen MR) is 74.2 cm³/mol. The number of ether oxygens (including phenoxy) is 1. The van der Waals surface area contributed by atoms with E-state index in [1.807, 2.05) is 32.0 Å². The Labute approximate surface area is 113 Å². The molecule has 2 rings (SSSR count). The topological polar surface area (TPSA) is 47.3 Å². The van der Waals surface area contributed by atoms with Crippen LogP contribution in [-0.4, -0.2) is 12.3 Å². The van der Waals surface area contributed by atoms with Crippen molar-refractivity contribution in [2.24, 2.45) is 0 Å². The summed E-state index contributed by atoms with van der Waals surface area (Å²) in [4.78, 5) is 0. The van der Waals surface area contributed by atoms with Gasteiger partial charge in [0.05, 0.1) is 12.8 Å². The molecule has 4 heteroatoms. The molecule has 0 aliphatic heterocycles. The lowest BCUT2D eigenvalue weighted by Crippen LogP contribution is -2.18. The zero-order valence-corrected chi connectivity index (χ0v) is 11.9. The zero-order chi connectivity index (χ0) is 13.8. The normalized spacial score (nSPS) is 12.4. The van der Waals surface area contributed by atoms with Gasteiger partial charge in [-0.3, -0.25) is 0 Å². The molecule has 0 saturated carbocycles. The number of aromatic nitrogens is 1. The molecule has 0 aliphatic rings. The summed E-state index contributed by atoms with van der Waals surface area (Å²) in [7, 11) is 1.68. The second kappa shape index (κ2) is 5.89. The van der Waals surface area contributed by atoms with Crippen LogP contribution in [0.5, 0.6) is 5.75 Å². The van der Waals surface area contributed by atoms with Crippen molar-refractivity contribution in [2.45, 2.75) is 33.4 Å². The Kier molecular flexibility index (Phi) is 4.22. The van der Waals surface area contributed by atoms with Gasteiger partial charge in [0, 0.05) is 18.2 Å². The summed E-state index contributed by atoms with van der Waals surface area (Å²) in [5, 5.41) is 7.44. The maximum absolute atomic E-state index is 5.24. The van der Waals surface area contributed by atoms with Crippen LogP contribution >= 0.6 is 0 Å². The molecule has 1 atom stereocenters. The Morgan fingerprint density at radius 3 is 2.79 bits per heavy atom. The molecule has 0 amide bonds. The van der Waals surface area contributed by atoms with Gasteiger partial charge >= 0.3 is 0 Å². The molecule has 1 aromatic heterocycles. The van der Waals surface area contributed by atoms with Gasteiger partial charge in [-0.15, -0.1) is 0 Å². The summed E-state index contributed by atoms with van der Waals surface area (Å²) in [6.45, 7) is 6.78. The minimum Gasteiger partial charge on any atom is -0.497 e. The van der Waals surface area contributed by atoms with Gasteiger partial charge in [0.1, 0.15) is 11.5 Å². The van der Waals surface area contributed by atoms with Crippen molar-refractivity contribution >= 4 is 0 Å². The number of methoxy groups -OCH3 is 1. The van der Waals surface area contributed by atoms with Crippen LogP contribution < -0.4 is 10.1 Å². The van der Waals surface area contributed by atoms with E-state index in [0.29, 0.717) is 0 Å². The molecule has 19 heavy (non-hydrogen) atoms. The van der Waals surface area contributed by atoms with E-state index in [0.717, 1.165) is 29.3 Å². The molecule has 1 heterocycles. The van der Waals surface area contributed by atoms with Crippen molar-refractivity contribution < 1.29 is 9.26 Å². The van der Waals surface area contributed by atoms with E-state index in [-0.39, 0.29) is 6.04 Å². The van der Waals surface area contributed by atoms with Crippen LogP contribution in [0.4, 0.5) is 0 Å². The monoisotopic (exact) mass is 260 g/mol. The van der Waals surface area contributed by atoms with Crippen LogP contribution in [-0.2, 0) is 6.54 Å². The van der Waals surface area contributed by atoms with Gasteiger partial charge in [-0.2, -0.15) is 0 Å². The number of aryl methyl sites for hydroxylation is 2. The van der Waals surface area contributed by atoms with Crippen molar-refractivity contribution in [1.82, 2.24) is 10.5 Å². The molecule has 1 N–H and O–H groups in total. The molecular formula is C15H20N2O2. The molecule has 1 aromatic carbocycles.